The minimum atomic E-state index is 0.981. The summed E-state index contributed by atoms with van der Waals surface area (Å²) >= 11 is 0. The Morgan fingerprint density at radius 3 is 2.11 bits per heavy atom. The largest absolute Gasteiger partial charge is 0.316 e. The predicted molar refractivity (Wildman–Crippen MR) is 82.0 cm³/mol. The summed E-state index contributed by atoms with van der Waals surface area (Å²) in [7, 11) is 0. The highest BCUT2D eigenvalue weighted by Crippen LogP contribution is 2.31. The van der Waals surface area contributed by atoms with Gasteiger partial charge < -0.3 is 5.32 Å². The molecule has 0 unspecified atom stereocenters. The van der Waals surface area contributed by atoms with Crippen LogP contribution < -0.4 is 5.32 Å². The fraction of sp³-hybridized carbons (Fsp3) is 1.00. The maximum atomic E-state index is 3.67. The molecule has 0 bridgehead atoms. The molecule has 0 amide bonds. The van der Waals surface area contributed by atoms with Crippen LogP contribution in [-0.2, 0) is 0 Å². The lowest BCUT2D eigenvalue weighted by Crippen LogP contribution is -2.27. The lowest BCUT2D eigenvalue weighted by molar-refractivity contribution is 0.253. The van der Waals surface area contributed by atoms with Gasteiger partial charge in [0.15, 0.2) is 0 Å². The normalized spacial score (nSPS) is 24.3. The molecule has 1 aliphatic rings. The summed E-state index contributed by atoms with van der Waals surface area (Å²) in [6, 6.07) is 0. The Balaban J connectivity index is 1.92. The lowest BCUT2D eigenvalue weighted by Gasteiger charge is -2.28. The van der Waals surface area contributed by atoms with Crippen molar-refractivity contribution in [2.75, 3.05) is 13.1 Å². The van der Waals surface area contributed by atoms with Gasteiger partial charge in [-0.3, -0.25) is 0 Å². The average Bonchev–Trinajstić information content (AvgIpc) is 2.42. The highest BCUT2D eigenvalue weighted by Gasteiger charge is 2.20. The first kappa shape index (κ1) is 16.0. The van der Waals surface area contributed by atoms with Gasteiger partial charge in [-0.15, -0.1) is 0 Å². The molecule has 0 radical (unpaired) electrons. The fourth-order valence-electron chi connectivity index (χ4n) is 3.20. The number of unbranched alkanes of at least 4 members (excludes halogenated alkanes) is 4. The zero-order chi connectivity index (χ0) is 13.1. The third-order valence-electron chi connectivity index (χ3n) is 4.57. The summed E-state index contributed by atoms with van der Waals surface area (Å²) in [4.78, 5) is 0. The van der Waals surface area contributed by atoms with Crippen molar-refractivity contribution in [3.63, 3.8) is 0 Å². The van der Waals surface area contributed by atoms with Crippen molar-refractivity contribution in [1.82, 2.24) is 5.32 Å². The quantitative estimate of drug-likeness (QED) is 0.531. The SMILES string of the molecule is CCCCCCNCC1CCC(CCCC)CC1. The molecule has 0 aromatic rings. The smallest absolute Gasteiger partial charge is 0.00205 e. The standard InChI is InChI=1S/C17H35N/c1-3-5-7-8-14-18-15-17-12-10-16(11-13-17)9-6-4-2/h16-18H,3-15H2,1-2H3. The summed E-state index contributed by atoms with van der Waals surface area (Å²) in [5, 5.41) is 3.67. The number of nitrogens with one attached hydrogen (secondary N) is 1. The fourth-order valence-corrected chi connectivity index (χ4v) is 3.20. The number of hydrogen-bond donors (Lipinski definition) is 1. The molecule has 1 aliphatic carbocycles. The van der Waals surface area contributed by atoms with Gasteiger partial charge >= 0.3 is 0 Å². The van der Waals surface area contributed by atoms with Gasteiger partial charge in [-0.05, 0) is 44.2 Å². The molecule has 1 heteroatoms. The average molecular weight is 253 g/mol. The maximum Gasteiger partial charge on any atom is -0.00205 e. The number of hydrogen-bond acceptors (Lipinski definition) is 1. The van der Waals surface area contributed by atoms with Crippen LogP contribution in [-0.4, -0.2) is 13.1 Å². The van der Waals surface area contributed by atoms with E-state index in [1.807, 2.05) is 0 Å². The first-order valence-corrected chi connectivity index (χ1v) is 8.57. The first-order valence-electron chi connectivity index (χ1n) is 8.57. The zero-order valence-electron chi connectivity index (χ0n) is 12.8. The summed E-state index contributed by atoms with van der Waals surface area (Å²) in [6.07, 6.45) is 15.8. The van der Waals surface area contributed by atoms with Gasteiger partial charge in [0, 0.05) is 0 Å². The molecular formula is C17H35N. The van der Waals surface area contributed by atoms with Gasteiger partial charge in [-0.1, -0.05) is 65.2 Å². The van der Waals surface area contributed by atoms with E-state index in [1.165, 1.54) is 83.7 Å². The lowest BCUT2D eigenvalue weighted by atomic mass is 9.80. The number of rotatable bonds is 10. The Labute approximate surface area is 115 Å². The molecule has 1 nitrogen and oxygen atoms in total. The second-order valence-electron chi connectivity index (χ2n) is 6.29. The Hall–Kier alpha value is -0.0400. The molecule has 18 heavy (non-hydrogen) atoms. The molecule has 0 atom stereocenters. The van der Waals surface area contributed by atoms with Crippen LogP contribution in [0.25, 0.3) is 0 Å². The van der Waals surface area contributed by atoms with Crippen molar-refractivity contribution in [3.8, 4) is 0 Å². The van der Waals surface area contributed by atoms with Crippen molar-refractivity contribution in [3.05, 3.63) is 0 Å². The van der Waals surface area contributed by atoms with Gasteiger partial charge in [0.05, 0.1) is 0 Å². The van der Waals surface area contributed by atoms with Crippen molar-refractivity contribution in [2.24, 2.45) is 11.8 Å². The second-order valence-corrected chi connectivity index (χ2v) is 6.29. The minimum Gasteiger partial charge on any atom is -0.316 e. The van der Waals surface area contributed by atoms with Gasteiger partial charge in [-0.25, -0.2) is 0 Å². The molecule has 0 saturated heterocycles. The monoisotopic (exact) mass is 253 g/mol. The molecule has 108 valence electrons. The van der Waals surface area contributed by atoms with Crippen LogP contribution in [0, 0.1) is 11.8 Å². The molecule has 0 aromatic heterocycles. The molecule has 1 saturated carbocycles. The van der Waals surface area contributed by atoms with E-state index >= 15 is 0 Å². The summed E-state index contributed by atoms with van der Waals surface area (Å²) < 4.78 is 0. The van der Waals surface area contributed by atoms with Gasteiger partial charge in [0.2, 0.25) is 0 Å². The molecular weight excluding hydrogens is 218 g/mol. The third kappa shape index (κ3) is 7.41. The summed E-state index contributed by atoms with van der Waals surface area (Å²) in [5.74, 6) is 2.04. The van der Waals surface area contributed by atoms with Gasteiger partial charge in [0.25, 0.3) is 0 Å². The van der Waals surface area contributed by atoms with Crippen molar-refractivity contribution < 1.29 is 0 Å². The van der Waals surface area contributed by atoms with Gasteiger partial charge in [0.1, 0.15) is 0 Å². The predicted octanol–water partition coefficient (Wildman–Crippen LogP) is 5.15. The first-order chi connectivity index (χ1) is 8.86. The maximum absolute atomic E-state index is 3.67. The zero-order valence-corrected chi connectivity index (χ0v) is 12.8. The summed E-state index contributed by atoms with van der Waals surface area (Å²) in [5.41, 5.74) is 0. The Kier molecular flexibility index (Phi) is 9.65. The molecule has 1 rings (SSSR count). The third-order valence-corrected chi connectivity index (χ3v) is 4.57. The van der Waals surface area contributed by atoms with Crippen molar-refractivity contribution in [1.29, 1.82) is 0 Å². The van der Waals surface area contributed by atoms with Crippen molar-refractivity contribution in [2.45, 2.75) is 84.5 Å². The van der Waals surface area contributed by atoms with Crippen LogP contribution in [0.15, 0.2) is 0 Å². The van der Waals surface area contributed by atoms with E-state index in [9.17, 15) is 0 Å². The van der Waals surface area contributed by atoms with E-state index in [4.69, 9.17) is 0 Å². The van der Waals surface area contributed by atoms with Crippen LogP contribution in [0.4, 0.5) is 0 Å². The summed E-state index contributed by atoms with van der Waals surface area (Å²) in [6.45, 7) is 7.13. The molecule has 0 spiro atoms. The molecule has 1 N–H and O–H groups in total. The highest BCUT2D eigenvalue weighted by atomic mass is 14.9. The van der Waals surface area contributed by atoms with Crippen LogP contribution in [0.3, 0.4) is 0 Å². The van der Waals surface area contributed by atoms with E-state index in [0.717, 1.165) is 11.8 Å². The van der Waals surface area contributed by atoms with E-state index < -0.39 is 0 Å². The Morgan fingerprint density at radius 2 is 1.44 bits per heavy atom. The van der Waals surface area contributed by atoms with Crippen molar-refractivity contribution >= 4 is 0 Å². The van der Waals surface area contributed by atoms with Crippen LogP contribution in [0.2, 0.25) is 0 Å². The van der Waals surface area contributed by atoms with E-state index in [2.05, 4.69) is 19.2 Å². The van der Waals surface area contributed by atoms with E-state index in [-0.39, 0.29) is 0 Å². The van der Waals surface area contributed by atoms with Crippen LogP contribution in [0.5, 0.6) is 0 Å². The van der Waals surface area contributed by atoms with E-state index in [1.54, 1.807) is 0 Å². The molecule has 0 aliphatic heterocycles. The van der Waals surface area contributed by atoms with Crippen LogP contribution in [0.1, 0.15) is 84.5 Å². The molecule has 1 fully saturated rings. The second kappa shape index (κ2) is 10.8. The highest BCUT2D eigenvalue weighted by molar-refractivity contribution is 4.74. The molecule has 0 heterocycles. The Bertz CT molecular complexity index is 170. The van der Waals surface area contributed by atoms with E-state index in [0.29, 0.717) is 0 Å². The molecule has 0 aromatic carbocycles. The van der Waals surface area contributed by atoms with Crippen LogP contribution >= 0.6 is 0 Å². The Morgan fingerprint density at radius 1 is 0.778 bits per heavy atom. The van der Waals surface area contributed by atoms with Gasteiger partial charge in [-0.2, -0.15) is 0 Å². The topological polar surface area (TPSA) is 12.0 Å². The minimum absolute atomic E-state index is 0.981.